The zero-order chi connectivity index (χ0) is 31.9. The lowest BCUT2D eigenvalue weighted by molar-refractivity contribution is -0.226. The van der Waals surface area contributed by atoms with Crippen LogP contribution in [0.1, 0.15) is 112 Å². The Kier molecular flexibility index (Phi) is 7.62. The maximum Gasteiger partial charge on any atom is 0.408 e. The number of hydrogen-bond acceptors (Lipinski definition) is 5. The number of fused-ring (bicyclic) bond motifs is 7. The van der Waals surface area contributed by atoms with Gasteiger partial charge in [0, 0.05) is 6.42 Å². The van der Waals surface area contributed by atoms with Crippen LogP contribution in [-0.2, 0) is 16.1 Å². The Bertz CT molecular complexity index is 1350. The molecule has 44 heavy (non-hydrogen) atoms. The SMILES string of the molecule is COc1ccc(COC(=O)NC23CC[C@]4(C)[C@H](CC[C@@H]5[C@@]6(C)CC[C@H](O)C(C)(C)C6CC[C@]54C)C2=C(C(C)C)C(=O)C3)cc1. The predicted molar refractivity (Wildman–Crippen MR) is 172 cm³/mol. The van der Waals surface area contributed by atoms with E-state index in [1.54, 1.807) is 7.11 Å². The molecular weight excluding hydrogens is 550 g/mol. The van der Waals surface area contributed by atoms with Gasteiger partial charge in [0.1, 0.15) is 12.4 Å². The fourth-order valence-electron chi connectivity index (χ4n) is 11.8. The smallest absolute Gasteiger partial charge is 0.408 e. The zero-order valence-corrected chi connectivity index (χ0v) is 28.3. The molecule has 0 saturated heterocycles. The monoisotopic (exact) mass is 605 g/mol. The van der Waals surface area contributed by atoms with Crippen molar-refractivity contribution in [3.05, 3.63) is 41.0 Å². The number of ketones is 1. The summed E-state index contributed by atoms with van der Waals surface area (Å²) in [5.74, 6) is 2.42. The highest BCUT2D eigenvalue weighted by Gasteiger charge is 2.70. The summed E-state index contributed by atoms with van der Waals surface area (Å²) in [7, 11) is 1.63. The number of ether oxygens (including phenoxy) is 2. The number of Topliss-reactive ketones (excluding diaryl/α,β-unsaturated/α-hetero) is 1. The summed E-state index contributed by atoms with van der Waals surface area (Å²) in [6.45, 7) is 16.7. The number of nitrogens with one attached hydrogen (secondary N) is 1. The summed E-state index contributed by atoms with van der Waals surface area (Å²) >= 11 is 0. The molecule has 4 fully saturated rings. The van der Waals surface area contributed by atoms with Gasteiger partial charge in [-0.15, -0.1) is 0 Å². The van der Waals surface area contributed by atoms with E-state index in [0.29, 0.717) is 18.3 Å². The van der Waals surface area contributed by atoms with Crippen LogP contribution in [-0.4, -0.2) is 35.7 Å². The largest absolute Gasteiger partial charge is 0.497 e. The molecule has 0 aromatic heterocycles. The standard InChI is InChI=1S/C38H55NO5/c1-23(2)31-27(40)21-38(39-33(42)44-22-24-9-11-25(43-8)12-10-24)20-19-36(6)26(32(31)38)13-14-29-35(5)17-16-30(41)34(3,4)28(35)15-18-37(29,36)7/h9-12,23,26,28-30,41H,13-22H2,1-8H3,(H,39,42)/t26-,28?,29-,30+,35+,36-,37-,38?/m1/s1. The van der Waals surface area contributed by atoms with Crippen molar-refractivity contribution in [2.75, 3.05) is 7.11 Å². The van der Waals surface area contributed by atoms with Crippen molar-refractivity contribution in [3.8, 4) is 5.75 Å². The molecule has 6 rings (SSSR count). The third kappa shape index (κ3) is 4.43. The molecule has 0 bridgehead atoms. The molecule has 1 amide bonds. The number of aliphatic hydroxyl groups excluding tert-OH is 1. The number of methoxy groups -OCH3 is 1. The third-order valence-corrected chi connectivity index (χ3v) is 14.3. The van der Waals surface area contributed by atoms with Crippen LogP contribution in [0.5, 0.6) is 5.75 Å². The van der Waals surface area contributed by atoms with Gasteiger partial charge in [0.25, 0.3) is 0 Å². The normalized spacial score (nSPS) is 40.9. The van der Waals surface area contributed by atoms with Gasteiger partial charge in [0.15, 0.2) is 5.78 Å². The van der Waals surface area contributed by atoms with Crippen molar-refractivity contribution in [1.29, 1.82) is 0 Å². The third-order valence-electron chi connectivity index (χ3n) is 14.3. The van der Waals surface area contributed by atoms with Crippen molar-refractivity contribution in [3.63, 3.8) is 0 Å². The molecule has 8 atom stereocenters. The van der Waals surface area contributed by atoms with Crippen LogP contribution in [0, 0.1) is 45.3 Å². The van der Waals surface area contributed by atoms with Crippen LogP contribution in [0.25, 0.3) is 0 Å². The molecule has 1 aromatic rings. The number of rotatable bonds is 5. The number of carbonyl (C=O) groups is 2. The summed E-state index contributed by atoms with van der Waals surface area (Å²) in [6.07, 6.45) is 7.87. The Morgan fingerprint density at radius 3 is 2.30 bits per heavy atom. The number of benzene rings is 1. The van der Waals surface area contributed by atoms with Crippen LogP contribution in [0.2, 0.25) is 0 Å². The van der Waals surface area contributed by atoms with Crippen LogP contribution in [0.4, 0.5) is 4.79 Å². The molecule has 242 valence electrons. The lowest BCUT2D eigenvalue weighted by Crippen LogP contribution is -2.67. The average Bonchev–Trinajstić information content (AvgIpc) is 3.26. The molecule has 0 heterocycles. The van der Waals surface area contributed by atoms with Gasteiger partial charge in [-0.2, -0.15) is 0 Å². The van der Waals surface area contributed by atoms with Gasteiger partial charge in [0.2, 0.25) is 0 Å². The van der Waals surface area contributed by atoms with Crippen molar-refractivity contribution in [2.45, 2.75) is 125 Å². The van der Waals surface area contributed by atoms with Gasteiger partial charge in [-0.1, -0.05) is 60.6 Å². The first-order valence-corrected chi connectivity index (χ1v) is 17.2. The van der Waals surface area contributed by atoms with Crippen molar-refractivity contribution in [2.24, 2.45) is 45.3 Å². The minimum Gasteiger partial charge on any atom is -0.497 e. The van der Waals surface area contributed by atoms with Gasteiger partial charge < -0.3 is 19.9 Å². The highest BCUT2D eigenvalue weighted by Crippen LogP contribution is 2.75. The predicted octanol–water partition coefficient (Wildman–Crippen LogP) is 8.02. The van der Waals surface area contributed by atoms with Crippen LogP contribution >= 0.6 is 0 Å². The number of alkyl carbamates (subject to hydrolysis) is 1. The Morgan fingerprint density at radius 1 is 0.932 bits per heavy atom. The van der Waals surface area contributed by atoms with E-state index in [0.717, 1.165) is 68.3 Å². The van der Waals surface area contributed by atoms with Gasteiger partial charge in [-0.25, -0.2) is 4.79 Å². The maximum atomic E-state index is 13.8. The highest BCUT2D eigenvalue weighted by molar-refractivity contribution is 6.02. The first-order valence-electron chi connectivity index (χ1n) is 17.2. The van der Waals surface area contributed by atoms with E-state index in [1.165, 1.54) is 5.57 Å². The van der Waals surface area contributed by atoms with E-state index in [4.69, 9.17) is 9.47 Å². The molecule has 1 aromatic carbocycles. The lowest BCUT2D eigenvalue weighted by Gasteiger charge is -2.72. The molecule has 6 heteroatoms. The number of aliphatic hydroxyl groups is 1. The minimum atomic E-state index is -0.668. The second-order valence-electron chi connectivity index (χ2n) is 16.7. The fraction of sp³-hybridized carbons (Fsp3) is 0.737. The van der Waals surface area contributed by atoms with Crippen LogP contribution in [0.3, 0.4) is 0 Å². The molecule has 0 radical (unpaired) electrons. The lowest BCUT2D eigenvalue weighted by atomic mass is 9.33. The fourth-order valence-corrected chi connectivity index (χ4v) is 11.8. The number of carbonyl (C=O) groups excluding carboxylic acids is 2. The van der Waals surface area contributed by atoms with Gasteiger partial charge in [-0.3, -0.25) is 4.79 Å². The average molecular weight is 606 g/mol. The number of allylic oxidation sites excluding steroid dienone is 1. The molecular formula is C38H55NO5. The van der Waals surface area contributed by atoms with Crippen molar-refractivity contribution < 1.29 is 24.2 Å². The molecule has 2 unspecified atom stereocenters. The van der Waals surface area contributed by atoms with Gasteiger partial charge in [0.05, 0.1) is 18.8 Å². The minimum absolute atomic E-state index is 0.0301. The van der Waals surface area contributed by atoms with E-state index in [-0.39, 0.29) is 52.0 Å². The molecule has 5 aliphatic rings. The van der Waals surface area contributed by atoms with Gasteiger partial charge >= 0.3 is 6.09 Å². The Labute approximate surface area is 264 Å². The topological polar surface area (TPSA) is 84.9 Å². The summed E-state index contributed by atoms with van der Waals surface area (Å²) < 4.78 is 11.0. The molecule has 0 spiro atoms. The summed E-state index contributed by atoms with van der Waals surface area (Å²) in [5.41, 5.74) is 2.68. The van der Waals surface area contributed by atoms with Gasteiger partial charge in [-0.05, 0) is 126 Å². The van der Waals surface area contributed by atoms with E-state index in [2.05, 4.69) is 53.8 Å². The first kappa shape index (κ1) is 31.6. The molecule has 5 aliphatic carbocycles. The Hall–Kier alpha value is -2.34. The maximum absolute atomic E-state index is 13.8. The summed E-state index contributed by atoms with van der Waals surface area (Å²) in [5, 5.41) is 14.3. The molecule has 2 N–H and O–H groups in total. The first-order chi connectivity index (χ1) is 20.6. The van der Waals surface area contributed by atoms with Crippen LogP contribution in [0.15, 0.2) is 35.4 Å². The Morgan fingerprint density at radius 2 is 1.64 bits per heavy atom. The summed E-state index contributed by atoms with van der Waals surface area (Å²) in [4.78, 5) is 27.2. The second-order valence-corrected chi connectivity index (χ2v) is 16.7. The summed E-state index contributed by atoms with van der Waals surface area (Å²) in [6, 6.07) is 7.54. The molecule has 4 saturated carbocycles. The number of hydrogen-bond donors (Lipinski definition) is 2. The van der Waals surface area contributed by atoms with E-state index >= 15 is 0 Å². The second kappa shape index (κ2) is 10.6. The van der Waals surface area contributed by atoms with Crippen molar-refractivity contribution in [1.82, 2.24) is 5.32 Å². The zero-order valence-electron chi connectivity index (χ0n) is 28.3. The van der Waals surface area contributed by atoms with E-state index in [1.807, 2.05) is 24.3 Å². The number of amides is 1. The molecule has 6 nitrogen and oxygen atoms in total. The molecule has 0 aliphatic heterocycles. The quantitative estimate of drug-likeness (QED) is 0.355. The van der Waals surface area contributed by atoms with Crippen molar-refractivity contribution >= 4 is 11.9 Å². The van der Waals surface area contributed by atoms with E-state index in [9.17, 15) is 14.7 Å². The highest BCUT2D eigenvalue weighted by atomic mass is 16.5. The van der Waals surface area contributed by atoms with Crippen LogP contribution < -0.4 is 10.1 Å². The van der Waals surface area contributed by atoms with E-state index < -0.39 is 11.6 Å². The Balaban J connectivity index is 1.31.